The molecule has 1 amide bonds. The van der Waals surface area contributed by atoms with E-state index in [4.69, 9.17) is 14.9 Å². The van der Waals surface area contributed by atoms with E-state index in [1.807, 2.05) is 0 Å². The van der Waals surface area contributed by atoms with Crippen molar-refractivity contribution in [1.29, 1.82) is 0 Å². The standard InChI is InChI=1S/C13H19F3N2O3/c1-20-6-3-5-11(17)12(19)18(9-13(14,15)16)8-10-4-2-7-21-10/h2,4,7,11H,3,5-6,8-9,17H2,1H3. The smallest absolute Gasteiger partial charge is 0.406 e. The maximum absolute atomic E-state index is 12.6. The number of amides is 1. The zero-order chi connectivity index (χ0) is 15.9. The Morgan fingerprint density at radius 3 is 2.76 bits per heavy atom. The van der Waals surface area contributed by atoms with Crippen molar-refractivity contribution in [3.05, 3.63) is 24.2 Å². The topological polar surface area (TPSA) is 68.7 Å². The second-order valence-corrected chi connectivity index (χ2v) is 4.63. The molecule has 1 atom stereocenters. The molecule has 120 valence electrons. The summed E-state index contributed by atoms with van der Waals surface area (Å²) in [7, 11) is 1.50. The first-order valence-corrected chi connectivity index (χ1v) is 6.46. The van der Waals surface area contributed by atoms with Gasteiger partial charge in [-0.25, -0.2) is 0 Å². The largest absolute Gasteiger partial charge is 0.467 e. The number of nitrogens with zero attached hydrogens (tertiary/aromatic N) is 1. The van der Waals surface area contributed by atoms with Crippen LogP contribution in [0.3, 0.4) is 0 Å². The second kappa shape index (κ2) is 8.04. The van der Waals surface area contributed by atoms with Gasteiger partial charge in [-0.3, -0.25) is 4.79 Å². The van der Waals surface area contributed by atoms with Crippen LogP contribution >= 0.6 is 0 Å². The first-order chi connectivity index (χ1) is 9.83. The molecule has 0 saturated carbocycles. The first-order valence-electron chi connectivity index (χ1n) is 6.46. The fourth-order valence-electron chi connectivity index (χ4n) is 1.82. The molecule has 2 N–H and O–H groups in total. The van der Waals surface area contributed by atoms with Crippen molar-refractivity contribution < 1.29 is 27.1 Å². The Hall–Kier alpha value is -1.54. The summed E-state index contributed by atoms with van der Waals surface area (Å²) in [4.78, 5) is 12.7. The maximum Gasteiger partial charge on any atom is 0.406 e. The van der Waals surface area contributed by atoms with Crippen LogP contribution in [-0.4, -0.2) is 43.3 Å². The van der Waals surface area contributed by atoms with Crippen LogP contribution in [0.2, 0.25) is 0 Å². The number of furan rings is 1. The van der Waals surface area contributed by atoms with Crippen LogP contribution < -0.4 is 5.73 Å². The molecule has 21 heavy (non-hydrogen) atoms. The van der Waals surface area contributed by atoms with E-state index in [0.29, 0.717) is 17.9 Å². The summed E-state index contributed by atoms with van der Waals surface area (Å²) in [5.41, 5.74) is 5.66. The van der Waals surface area contributed by atoms with Gasteiger partial charge in [0.25, 0.3) is 0 Å². The molecule has 0 aliphatic rings. The zero-order valence-corrected chi connectivity index (χ0v) is 11.7. The summed E-state index contributed by atoms with van der Waals surface area (Å²) < 4.78 is 47.5. The maximum atomic E-state index is 12.6. The lowest BCUT2D eigenvalue weighted by atomic mass is 10.1. The molecule has 1 unspecified atom stereocenters. The predicted molar refractivity (Wildman–Crippen MR) is 69.3 cm³/mol. The number of ether oxygens (including phenoxy) is 1. The van der Waals surface area contributed by atoms with E-state index in [9.17, 15) is 18.0 Å². The molecule has 0 bridgehead atoms. The van der Waals surface area contributed by atoms with Crippen LogP contribution in [0.15, 0.2) is 22.8 Å². The molecular formula is C13H19F3N2O3. The summed E-state index contributed by atoms with van der Waals surface area (Å²) in [6, 6.07) is 2.06. The summed E-state index contributed by atoms with van der Waals surface area (Å²) in [6.07, 6.45) is -2.39. The van der Waals surface area contributed by atoms with Crippen LogP contribution in [0.4, 0.5) is 13.2 Å². The normalized spacial score (nSPS) is 13.2. The lowest BCUT2D eigenvalue weighted by molar-refractivity contribution is -0.163. The van der Waals surface area contributed by atoms with E-state index in [0.717, 1.165) is 0 Å². The van der Waals surface area contributed by atoms with Crippen molar-refractivity contribution >= 4 is 5.91 Å². The number of halogens is 3. The van der Waals surface area contributed by atoms with Crippen LogP contribution in [0, 0.1) is 0 Å². The van der Waals surface area contributed by atoms with Crippen LogP contribution in [0.25, 0.3) is 0 Å². The van der Waals surface area contributed by atoms with E-state index in [2.05, 4.69) is 0 Å². The molecule has 0 aromatic carbocycles. The first kappa shape index (κ1) is 17.5. The molecule has 0 aliphatic carbocycles. The van der Waals surface area contributed by atoms with Gasteiger partial charge in [0.05, 0.1) is 18.8 Å². The Kier molecular flexibility index (Phi) is 6.70. The lowest BCUT2D eigenvalue weighted by Gasteiger charge is -2.25. The number of carbonyl (C=O) groups excluding carboxylic acids is 1. The van der Waals surface area contributed by atoms with Crippen LogP contribution in [0.5, 0.6) is 0 Å². The molecule has 1 rings (SSSR count). The lowest BCUT2D eigenvalue weighted by Crippen LogP contribution is -2.47. The minimum absolute atomic E-state index is 0.261. The van der Waals surface area contributed by atoms with Crippen molar-refractivity contribution in [1.82, 2.24) is 4.90 Å². The molecule has 0 spiro atoms. The number of alkyl halides is 3. The fraction of sp³-hybridized carbons (Fsp3) is 0.615. The molecule has 1 aromatic heterocycles. The van der Waals surface area contributed by atoms with Gasteiger partial charge < -0.3 is 19.8 Å². The molecule has 1 aromatic rings. The van der Waals surface area contributed by atoms with Crippen LogP contribution in [0.1, 0.15) is 18.6 Å². The molecule has 8 heteroatoms. The molecule has 1 heterocycles. The van der Waals surface area contributed by atoms with Gasteiger partial charge in [0.15, 0.2) is 0 Å². The highest BCUT2D eigenvalue weighted by molar-refractivity contribution is 5.81. The molecule has 5 nitrogen and oxygen atoms in total. The average molecular weight is 308 g/mol. The SMILES string of the molecule is COCCCC(N)C(=O)N(Cc1ccco1)CC(F)(F)F. The highest BCUT2D eigenvalue weighted by atomic mass is 19.4. The van der Waals surface area contributed by atoms with Crippen LogP contribution in [-0.2, 0) is 16.1 Å². The third kappa shape index (κ3) is 6.63. The van der Waals surface area contributed by atoms with Gasteiger partial charge in [-0.15, -0.1) is 0 Å². The molecule has 0 fully saturated rings. The van der Waals surface area contributed by atoms with Crippen molar-refractivity contribution in [2.75, 3.05) is 20.3 Å². The van der Waals surface area contributed by atoms with Crippen molar-refractivity contribution in [3.63, 3.8) is 0 Å². The quantitative estimate of drug-likeness (QED) is 0.745. The Morgan fingerprint density at radius 1 is 1.52 bits per heavy atom. The highest BCUT2D eigenvalue weighted by Crippen LogP contribution is 2.19. The Labute approximate surface area is 120 Å². The summed E-state index contributed by atoms with van der Waals surface area (Å²) in [5, 5.41) is 0. The minimum atomic E-state index is -4.49. The van der Waals surface area contributed by atoms with E-state index in [-0.39, 0.29) is 18.7 Å². The molecule has 0 radical (unpaired) electrons. The number of nitrogens with two attached hydrogens (primary N) is 1. The molecule has 0 aliphatic heterocycles. The third-order valence-corrected chi connectivity index (χ3v) is 2.79. The second-order valence-electron chi connectivity index (χ2n) is 4.63. The summed E-state index contributed by atoms with van der Waals surface area (Å²) >= 11 is 0. The van der Waals surface area contributed by atoms with E-state index < -0.39 is 24.7 Å². The number of rotatable bonds is 8. The van der Waals surface area contributed by atoms with Gasteiger partial charge in [-0.05, 0) is 25.0 Å². The Bertz CT molecular complexity index is 421. The fourth-order valence-corrected chi connectivity index (χ4v) is 1.82. The van der Waals surface area contributed by atoms with Crippen molar-refractivity contribution in [3.8, 4) is 0 Å². The molecule has 0 saturated heterocycles. The highest BCUT2D eigenvalue weighted by Gasteiger charge is 2.34. The van der Waals surface area contributed by atoms with Gasteiger partial charge >= 0.3 is 6.18 Å². The monoisotopic (exact) mass is 308 g/mol. The predicted octanol–water partition coefficient (Wildman–Crippen LogP) is 1.92. The van der Waals surface area contributed by atoms with E-state index in [1.165, 1.54) is 19.4 Å². The Morgan fingerprint density at radius 2 is 2.24 bits per heavy atom. The van der Waals surface area contributed by atoms with Gasteiger partial charge in [0, 0.05) is 13.7 Å². The average Bonchev–Trinajstić information content (AvgIpc) is 2.88. The minimum Gasteiger partial charge on any atom is -0.467 e. The van der Waals surface area contributed by atoms with E-state index >= 15 is 0 Å². The van der Waals surface area contributed by atoms with Gasteiger partial charge in [-0.2, -0.15) is 13.2 Å². The zero-order valence-electron chi connectivity index (χ0n) is 11.7. The third-order valence-electron chi connectivity index (χ3n) is 2.79. The van der Waals surface area contributed by atoms with Gasteiger partial charge in [0.2, 0.25) is 5.91 Å². The Balaban J connectivity index is 2.67. The summed E-state index contributed by atoms with van der Waals surface area (Å²) in [6.45, 7) is -1.22. The number of methoxy groups -OCH3 is 1. The summed E-state index contributed by atoms with van der Waals surface area (Å²) in [5.74, 6) is -0.475. The molecular weight excluding hydrogens is 289 g/mol. The van der Waals surface area contributed by atoms with Crippen molar-refractivity contribution in [2.45, 2.75) is 31.6 Å². The van der Waals surface area contributed by atoms with Gasteiger partial charge in [0.1, 0.15) is 12.3 Å². The van der Waals surface area contributed by atoms with Gasteiger partial charge in [-0.1, -0.05) is 0 Å². The van der Waals surface area contributed by atoms with E-state index in [1.54, 1.807) is 6.07 Å². The number of hydrogen-bond donors (Lipinski definition) is 1. The number of carbonyl (C=O) groups is 1. The van der Waals surface area contributed by atoms with Crippen molar-refractivity contribution in [2.24, 2.45) is 5.73 Å². The number of hydrogen-bond acceptors (Lipinski definition) is 4.